The van der Waals surface area contributed by atoms with Crippen LogP contribution in [0.4, 0.5) is 0 Å². The molecule has 4 unspecified atom stereocenters. The summed E-state index contributed by atoms with van der Waals surface area (Å²) in [6.07, 6.45) is 2.01. The topological polar surface area (TPSA) is 55.4 Å². The molecule has 0 fully saturated rings. The Morgan fingerprint density at radius 3 is 1.97 bits per heavy atom. The van der Waals surface area contributed by atoms with Gasteiger partial charge in [-0.2, -0.15) is 0 Å². The van der Waals surface area contributed by atoms with Crippen molar-refractivity contribution in [1.29, 1.82) is 0 Å². The van der Waals surface area contributed by atoms with Crippen molar-refractivity contribution in [2.75, 3.05) is 33.5 Å². The number of hydrogen-bond acceptors (Lipinski definition) is 6. The first-order valence-corrected chi connectivity index (χ1v) is 14.0. The minimum atomic E-state index is -1.54. The van der Waals surface area contributed by atoms with E-state index in [4.69, 9.17) is 27.8 Å². The molecule has 0 saturated carbocycles. The van der Waals surface area contributed by atoms with Crippen LogP contribution in [0.5, 0.6) is 5.75 Å². The molecule has 0 saturated heterocycles. The van der Waals surface area contributed by atoms with Gasteiger partial charge in [-0.25, -0.2) is 0 Å². The molecule has 0 heterocycles. The smallest absolute Gasteiger partial charge is 0.397 e. The number of unbranched alkanes of at least 4 members (excludes halogenated alkanes) is 1. The van der Waals surface area contributed by atoms with Crippen molar-refractivity contribution in [2.45, 2.75) is 78.1 Å². The highest BCUT2D eigenvalue weighted by Crippen LogP contribution is 2.42. The van der Waals surface area contributed by atoms with Crippen LogP contribution in [-0.2, 0) is 28.7 Å². The van der Waals surface area contributed by atoms with E-state index < -0.39 is 8.60 Å². The second-order valence-corrected chi connectivity index (χ2v) is 10.9. The maximum absolute atomic E-state index is 5.97. The lowest BCUT2D eigenvalue weighted by atomic mass is 9.78. The molecule has 2 rings (SSSR count). The van der Waals surface area contributed by atoms with Gasteiger partial charge in [-0.15, -0.1) is 0 Å². The normalized spacial score (nSPS) is 15.3. The molecule has 0 N–H and O–H groups in total. The van der Waals surface area contributed by atoms with Crippen molar-refractivity contribution in [2.24, 2.45) is 0 Å². The molecule has 6 nitrogen and oxygen atoms in total. The van der Waals surface area contributed by atoms with Crippen LogP contribution in [0.2, 0.25) is 0 Å². The van der Waals surface area contributed by atoms with Gasteiger partial charge in [0.25, 0.3) is 0 Å². The lowest BCUT2D eigenvalue weighted by Gasteiger charge is -2.26. The summed E-state index contributed by atoms with van der Waals surface area (Å²) in [5, 5.41) is 0. The summed E-state index contributed by atoms with van der Waals surface area (Å²) in [7, 11) is 0.0471. The molecule has 0 radical (unpaired) electrons. The van der Waals surface area contributed by atoms with Crippen molar-refractivity contribution < 1.29 is 27.8 Å². The average Bonchev–Trinajstić information content (AvgIpc) is 2.89. The summed E-state index contributed by atoms with van der Waals surface area (Å²) in [5.41, 5.74) is 2.38. The molecular formula is C29H45O6P. The second kappa shape index (κ2) is 16.3. The van der Waals surface area contributed by atoms with Gasteiger partial charge in [-0.1, -0.05) is 69.7 Å². The summed E-state index contributed by atoms with van der Waals surface area (Å²) < 4.78 is 34.7. The highest BCUT2D eigenvalue weighted by molar-refractivity contribution is 7.42. The first-order chi connectivity index (χ1) is 17.3. The fourth-order valence-corrected chi connectivity index (χ4v) is 4.36. The zero-order valence-electron chi connectivity index (χ0n) is 23.1. The minimum absolute atomic E-state index is 0.0426. The van der Waals surface area contributed by atoms with Gasteiger partial charge >= 0.3 is 8.60 Å². The molecule has 0 bridgehead atoms. The van der Waals surface area contributed by atoms with Crippen LogP contribution in [0.25, 0.3) is 0 Å². The van der Waals surface area contributed by atoms with E-state index in [1.165, 1.54) is 11.1 Å². The largest absolute Gasteiger partial charge is 0.427 e. The molecule has 36 heavy (non-hydrogen) atoms. The molecule has 0 aliphatic carbocycles. The van der Waals surface area contributed by atoms with Crippen LogP contribution in [0, 0.1) is 0 Å². The van der Waals surface area contributed by atoms with E-state index in [0.29, 0.717) is 25.6 Å². The molecule has 7 heteroatoms. The third-order valence-corrected chi connectivity index (χ3v) is 7.08. The molecule has 2 aromatic carbocycles. The lowest BCUT2D eigenvalue weighted by Crippen LogP contribution is -2.26. The molecule has 2 aromatic rings. The molecule has 0 amide bonds. The summed E-state index contributed by atoms with van der Waals surface area (Å²) in [6.45, 7) is 14.9. The molecular weight excluding hydrogens is 475 g/mol. The fraction of sp³-hybridized carbons (Fsp3) is 0.586. The fourth-order valence-electron chi connectivity index (χ4n) is 3.51. The van der Waals surface area contributed by atoms with Gasteiger partial charge in [0.15, 0.2) is 0 Å². The maximum atomic E-state index is 5.97. The molecule has 0 aliphatic heterocycles. The van der Waals surface area contributed by atoms with Crippen molar-refractivity contribution in [3.8, 4) is 5.75 Å². The third-order valence-electron chi connectivity index (χ3n) is 5.89. The second-order valence-electron chi connectivity index (χ2n) is 9.65. The van der Waals surface area contributed by atoms with Crippen LogP contribution in [0.3, 0.4) is 0 Å². The van der Waals surface area contributed by atoms with Crippen LogP contribution < -0.4 is 4.52 Å². The lowest BCUT2D eigenvalue weighted by molar-refractivity contribution is -0.0684. The van der Waals surface area contributed by atoms with E-state index in [1.807, 2.05) is 39.0 Å². The summed E-state index contributed by atoms with van der Waals surface area (Å²) >= 11 is 0. The quantitative estimate of drug-likeness (QED) is 0.152. The highest BCUT2D eigenvalue weighted by Gasteiger charge is 2.23. The summed E-state index contributed by atoms with van der Waals surface area (Å²) in [6, 6.07) is 18.6. The predicted molar refractivity (Wildman–Crippen MR) is 147 cm³/mol. The Morgan fingerprint density at radius 1 is 0.778 bits per heavy atom. The number of ether oxygens (including phenoxy) is 3. The van der Waals surface area contributed by atoms with Crippen LogP contribution in [-0.4, -0.2) is 51.8 Å². The molecule has 0 spiro atoms. The SMILES string of the molecule is CCCCOCC(C)OCC(C)OCC(C)OP(OC)Oc1ccc(C(C)(C)c2ccccc2)cc1. The van der Waals surface area contributed by atoms with E-state index >= 15 is 0 Å². The Bertz CT molecular complexity index is 829. The third kappa shape index (κ3) is 10.8. The van der Waals surface area contributed by atoms with Crippen LogP contribution in [0.15, 0.2) is 54.6 Å². The zero-order chi connectivity index (χ0) is 26.4. The predicted octanol–water partition coefficient (Wildman–Crippen LogP) is 7.30. The first kappa shape index (κ1) is 30.7. The van der Waals surface area contributed by atoms with Gasteiger partial charge in [0.2, 0.25) is 0 Å². The summed E-state index contributed by atoms with van der Waals surface area (Å²) in [5.74, 6) is 0.709. The molecule has 0 aliphatic rings. The molecule has 4 atom stereocenters. The monoisotopic (exact) mass is 520 g/mol. The average molecular weight is 521 g/mol. The van der Waals surface area contributed by atoms with Gasteiger partial charge in [0.1, 0.15) is 5.75 Å². The first-order valence-electron chi connectivity index (χ1n) is 12.9. The number of benzene rings is 2. The van der Waals surface area contributed by atoms with Gasteiger partial charge in [0.05, 0.1) is 38.1 Å². The van der Waals surface area contributed by atoms with E-state index in [2.05, 4.69) is 57.2 Å². The van der Waals surface area contributed by atoms with E-state index in [9.17, 15) is 0 Å². The standard InChI is InChI=1S/C29H45O6P/c1-8-9-19-31-20-23(2)32-21-24(3)33-22-25(4)34-36(30-7)35-28-17-15-27(16-18-28)29(5,6)26-13-11-10-12-14-26/h10-18,23-25H,8-9,19-22H2,1-7H3. The van der Waals surface area contributed by atoms with E-state index in [1.54, 1.807) is 7.11 Å². The van der Waals surface area contributed by atoms with Crippen LogP contribution in [0.1, 0.15) is 65.5 Å². The highest BCUT2D eigenvalue weighted by atomic mass is 31.2. The Hall–Kier alpha value is -1.53. The molecule has 0 aromatic heterocycles. The van der Waals surface area contributed by atoms with E-state index in [0.717, 1.165) is 19.4 Å². The van der Waals surface area contributed by atoms with Crippen LogP contribution >= 0.6 is 8.60 Å². The van der Waals surface area contributed by atoms with Crippen molar-refractivity contribution >= 4 is 8.60 Å². The minimum Gasteiger partial charge on any atom is -0.427 e. The van der Waals surface area contributed by atoms with Gasteiger partial charge in [-0.05, 0) is 50.5 Å². The Morgan fingerprint density at radius 2 is 1.36 bits per heavy atom. The van der Waals surface area contributed by atoms with Crippen molar-refractivity contribution in [3.05, 3.63) is 65.7 Å². The maximum Gasteiger partial charge on any atom is 0.397 e. The van der Waals surface area contributed by atoms with Crippen molar-refractivity contribution in [3.63, 3.8) is 0 Å². The zero-order valence-corrected chi connectivity index (χ0v) is 24.0. The number of hydrogen-bond donors (Lipinski definition) is 0. The van der Waals surface area contributed by atoms with E-state index in [-0.39, 0.29) is 23.7 Å². The van der Waals surface area contributed by atoms with Gasteiger partial charge in [0, 0.05) is 19.1 Å². The summed E-state index contributed by atoms with van der Waals surface area (Å²) in [4.78, 5) is 0. The molecule has 202 valence electrons. The van der Waals surface area contributed by atoms with Crippen molar-refractivity contribution in [1.82, 2.24) is 0 Å². The Balaban J connectivity index is 1.75. The van der Waals surface area contributed by atoms with Gasteiger partial charge < -0.3 is 23.3 Å². The Labute approximate surface area is 219 Å². The van der Waals surface area contributed by atoms with Gasteiger partial charge in [-0.3, -0.25) is 4.52 Å². The number of rotatable bonds is 18. The Kier molecular flexibility index (Phi) is 13.9.